The van der Waals surface area contributed by atoms with E-state index < -0.39 is 0 Å². The summed E-state index contributed by atoms with van der Waals surface area (Å²) in [6, 6.07) is 0.679. The molecular weight excluding hydrogens is 158 g/mol. The number of terminal acetylenes is 1. The lowest BCUT2D eigenvalue weighted by Crippen LogP contribution is -2.33. The van der Waals surface area contributed by atoms with Crippen molar-refractivity contribution in [2.24, 2.45) is 5.92 Å². The maximum atomic E-state index is 5.24. The second kappa shape index (κ2) is 5.29. The SMILES string of the molecule is C#CCCCN(CC1CC1)C(C)C. The van der Waals surface area contributed by atoms with Gasteiger partial charge in [0.25, 0.3) is 0 Å². The van der Waals surface area contributed by atoms with Crippen LogP contribution in [0.2, 0.25) is 0 Å². The molecule has 0 aromatic carbocycles. The van der Waals surface area contributed by atoms with E-state index in [1.807, 2.05) is 0 Å². The van der Waals surface area contributed by atoms with Crippen LogP contribution >= 0.6 is 0 Å². The van der Waals surface area contributed by atoms with Crippen LogP contribution in [-0.2, 0) is 0 Å². The summed E-state index contributed by atoms with van der Waals surface area (Å²) in [6.45, 7) is 7.02. The highest BCUT2D eigenvalue weighted by Crippen LogP contribution is 2.30. The van der Waals surface area contributed by atoms with Gasteiger partial charge in [0.2, 0.25) is 0 Å². The molecule has 0 atom stereocenters. The Morgan fingerprint density at radius 3 is 2.62 bits per heavy atom. The number of rotatable bonds is 6. The molecule has 0 aromatic heterocycles. The molecule has 74 valence electrons. The summed E-state index contributed by atoms with van der Waals surface area (Å²) in [6.07, 6.45) is 10.2. The summed E-state index contributed by atoms with van der Waals surface area (Å²) < 4.78 is 0. The maximum absolute atomic E-state index is 5.24. The van der Waals surface area contributed by atoms with Gasteiger partial charge in [-0.1, -0.05) is 0 Å². The Kier molecular flexibility index (Phi) is 4.32. The summed E-state index contributed by atoms with van der Waals surface area (Å²) in [5.41, 5.74) is 0. The fourth-order valence-electron chi connectivity index (χ4n) is 1.58. The molecule has 0 radical (unpaired) electrons. The largest absolute Gasteiger partial charge is 0.301 e. The first-order chi connectivity index (χ1) is 6.24. The molecule has 0 bridgehead atoms. The van der Waals surface area contributed by atoms with Gasteiger partial charge in [-0.3, -0.25) is 0 Å². The maximum Gasteiger partial charge on any atom is 0.00982 e. The van der Waals surface area contributed by atoms with E-state index in [4.69, 9.17) is 6.42 Å². The van der Waals surface area contributed by atoms with Crippen molar-refractivity contribution in [1.82, 2.24) is 4.90 Å². The summed E-state index contributed by atoms with van der Waals surface area (Å²) >= 11 is 0. The van der Waals surface area contributed by atoms with E-state index in [-0.39, 0.29) is 0 Å². The Bertz CT molecular complexity index is 174. The van der Waals surface area contributed by atoms with Crippen molar-refractivity contribution in [1.29, 1.82) is 0 Å². The fraction of sp³-hybridized carbons (Fsp3) is 0.833. The van der Waals surface area contributed by atoms with Crippen molar-refractivity contribution in [3.05, 3.63) is 0 Å². The molecule has 0 heterocycles. The van der Waals surface area contributed by atoms with Gasteiger partial charge in [0.15, 0.2) is 0 Å². The van der Waals surface area contributed by atoms with Gasteiger partial charge in [-0.05, 0) is 45.6 Å². The van der Waals surface area contributed by atoms with Crippen molar-refractivity contribution >= 4 is 0 Å². The van der Waals surface area contributed by atoms with E-state index in [0.29, 0.717) is 6.04 Å². The lowest BCUT2D eigenvalue weighted by atomic mass is 10.2. The first kappa shape index (κ1) is 10.6. The third kappa shape index (κ3) is 4.33. The van der Waals surface area contributed by atoms with Crippen LogP contribution in [0.15, 0.2) is 0 Å². The Balaban J connectivity index is 2.16. The second-order valence-electron chi connectivity index (χ2n) is 4.34. The van der Waals surface area contributed by atoms with E-state index in [1.165, 1.54) is 25.9 Å². The summed E-state index contributed by atoms with van der Waals surface area (Å²) in [5.74, 6) is 3.70. The molecule has 0 spiro atoms. The first-order valence-electron chi connectivity index (χ1n) is 5.41. The Hall–Kier alpha value is -0.480. The van der Waals surface area contributed by atoms with Crippen LogP contribution in [0.25, 0.3) is 0 Å². The zero-order valence-electron chi connectivity index (χ0n) is 8.92. The molecule has 0 saturated heterocycles. The van der Waals surface area contributed by atoms with Crippen LogP contribution in [0.5, 0.6) is 0 Å². The normalized spacial score (nSPS) is 16.5. The monoisotopic (exact) mass is 179 g/mol. The molecule has 13 heavy (non-hydrogen) atoms. The molecule has 1 fully saturated rings. The van der Waals surface area contributed by atoms with Crippen molar-refractivity contribution in [3.63, 3.8) is 0 Å². The third-order valence-electron chi connectivity index (χ3n) is 2.69. The van der Waals surface area contributed by atoms with Crippen LogP contribution in [0.4, 0.5) is 0 Å². The van der Waals surface area contributed by atoms with E-state index >= 15 is 0 Å². The van der Waals surface area contributed by atoms with Crippen molar-refractivity contribution < 1.29 is 0 Å². The highest BCUT2D eigenvalue weighted by Gasteiger charge is 2.24. The molecule has 0 amide bonds. The molecular formula is C12H21N. The summed E-state index contributed by atoms with van der Waals surface area (Å²) in [4.78, 5) is 2.56. The topological polar surface area (TPSA) is 3.24 Å². The van der Waals surface area contributed by atoms with Crippen molar-refractivity contribution in [2.45, 2.75) is 45.6 Å². The Morgan fingerprint density at radius 1 is 1.46 bits per heavy atom. The lowest BCUT2D eigenvalue weighted by molar-refractivity contribution is 0.211. The van der Waals surface area contributed by atoms with Gasteiger partial charge < -0.3 is 4.90 Å². The average Bonchev–Trinajstić information content (AvgIpc) is 2.86. The van der Waals surface area contributed by atoms with Crippen LogP contribution in [0.3, 0.4) is 0 Å². The van der Waals surface area contributed by atoms with E-state index in [0.717, 1.165) is 18.8 Å². The lowest BCUT2D eigenvalue weighted by Gasteiger charge is -2.26. The minimum absolute atomic E-state index is 0.679. The second-order valence-corrected chi connectivity index (χ2v) is 4.34. The first-order valence-corrected chi connectivity index (χ1v) is 5.41. The number of hydrogen-bond acceptors (Lipinski definition) is 1. The molecule has 1 aliphatic rings. The third-order valence-corrected chi connectivity index (χ3v) is 2.69. The van der Waals surface area contributed by atoms with Gasteiger partial charge in [0.1, 0.15) is 0 Å². The highest BCUT2D eigenvalue weighted by molar-refractivity contribution is 4.84. The molecule has 1 saturated carbocycles. The van der Waals surface area contributed by atoms with E-state index in [9.17, 15) is 0 Å². The number of nitrogens with zero attached hydrogens (tertiary/aromatic N) is 1. The fourth-order valence-corrected chi connectivity index (χ4v) is 1.58. The molecule has 1 rings (SSSR count). The zero-order valence-corrected chi connectivity index (χ0v) is 8.92. The predicted octanol–water partition coefficient (Wildman–Crippen LogP) is 2.52. The molecule has 0 unspecified atom stereocenters. The zero-order chi connectivity index (χ0) is 9.68. The van der Waals surface area contributed by atoms with Crippen LogP contribution in [-0.4, -0.2) is 24.0 Å². The Labute approximate surface area is 82.5 Å². The average molecular weight is 179 g/mol. The van der Waals surface area contributed by atoms with Crippen molar-refractivity contribution in [2.75, 3.05) is 13.1 Å². The predicted molar refractivity (Wildman–Crippen MR) is 57.5 cm³/mol. The molecule has 0 N–H and O–H groups in total. The van der Waals surface area contributed by atoms with Gasteiger partial charge in [-0.2, -0.15) is 0 Å². The minimum atomic E-state index is 0.679. The highest BCUT2D eigenvalue weighted by atomic mass is 15.1. The van der Waals surface area contributed by atoms with Gasteiger partial charge in [0, 0.05) is 19.0 Å². The molecule has 1 nitrogen and oxygen atoms in total. The molecule has 1 aliphatic carbocycles. The van der Waals surface area contributed by atoms with Crippen LogP contribution in [0, 0.1) is 18.3 Å². The van der Waals surface area contributed by atoms with Crippen molar-refractivity contribution in [3.8, 4) is 12.3 Å². The molecule has 0 aromatic rings. The summed E-state index contributed by atoms with van der Waals surface area (Å²) in [7, 11) is 0. The van der Waals surface area contributed by atoms with Gasteiger partial charge in [-0.15, -0.1) is 12.3 Å². The number of unbranched alkanes of at least 4 members (excludes halogenated alkanes) is 1. The summed E-state index contributed by atoms with van der Waals surface area (Å²) in [5, 5.41) is 0. The van der Waals surface area contributed by atoms with Crippen LogP contribution < -0.4 is 0 Å². The van der Waals surface area contributed by atoms with Crippen LogP contribution in [0.1, 0.15) is 39.5 Å². The number of hydrogen-bond donors (Lipinski definition) is 0. The van der Waals surface area contributed by atoms with Gasteiger partial charge >= 0.3 is 0 Å². The standard InChI is InChI=1S/C12H21N/c1-4-5-6-9-13(11(2)3)10-12-7-8-12/h1,11-12H,5-10H2,2-3H3. The molecule has 1 heteroatoms. The van der Waals surface area contributed by atoms with E-state index in [2.05, 4.69) is 24.7 Å². The smallest absolute Gasteiger partial charge is 0.00982 e. The Morgan fingerprint density at radius 2 is 2.15 bits per heavy atom. The van der Waals surface area contributed by atoms with Gasteiger partial charge in [0.05, 0.1) is 0 Å². The van der Waals surface area contributed by atoms with E-state index in [1.54, 1.807) is 0 Å². The van der Waals surface area contributed by atoms with Gasteiger partial charge in [-0.25, -0.2) is 0 Å². The quantitative estimate of drug-likeness (QED) is 0.447. The molecule has 0 aliphatic heterocycles. The minimum Gasteiger partial charge on any atom is -0.301 e.